The highest BCUT2D eigenvalue weighted by Crippen LogP contribution is 2.28. The van der Waals surface area contributed by atoms with Crippen molar-refractivity contribution in [2.24, 2.45) is 0 Å². The number of para-hydroxylation sites is 2. The second kappa shape index (κ2) is 8.75. The second-order valence-electron chi connectivity index (χ2n) is 5.78. The molecule has 144 valence electrons. The van der Waals surface area contributed by atoms with E-state index in [4.69, 9.17) is 4.74 Å². The Morgan fingerprint density at radius 2 is 1.81 bits per heavy atom. The molecular weight excluding hydrogens is 353 g/mol. The molecule has 0 bridgehead atoms. The van der Waals surface area contributed by atoms with Crippen LogP contribution in [-0.2, 0) is 4.79 Å². The molecule has 0 atom stereocenters. The first-order valence-corrected chi connectivity index (χ1v) is 8.03. The van der Waals surface area contributed by atoms with E-state index in [1.807, 2.05) is 34.5 Å². The lowest BCUT2D eigenvalue weighted by atomic mass is 10.2. The summed E-state index contributed by atoms with van der Waals surface area (Å²) in [5.74, 6) is 0.121. The van der Waals surface area contributed by atoms with E-state index < -0.39 is 24.7 Å². The number of nitrogens with one attached hydrogen (secondary N) is 2. The molecule has 2 rings (SSSR count). The van der Waals surface area contributed by atoms with E-state index in [1.54, 1.807) is 12.4 Å². The number of nitrogens with zero attached hydrogens (tertiary/aromatic N) is 2. The van der Waals surface area contributed by atoms with Gasteiger partial charge in [-0.25, -0.2) is 4.79 Å². The van der Waals surface area contributed by atoms with Gasteiger partial charge in [0.05, 0.1) is 19.3 Å². The number of ether oxygens (including phenoxy) is 1. The molecule has 0 unspecified atom stereocenters. The van der Waals surface area contributed by atoms with Crippen LogP contribution in [0.15, 0.2) is 24.3 Å². The number of carbonyl (C=O) groups excluding carboxylic acids is 2. The van der Waals surface area contributed by atoms with Gasteiger partial charge in [-0.05, 0) is 12.1 Å². The number of alkyl halides is 3. The van der Waals surface area contributed by atoms with Crippen LogP contribution in [0.2, 0.25) is 0 Å². The molecule has 0 spiro atoms. The van der Waals surface area contributed by atoms with E-state index >= 15 is 0 Å². The predicted octanol–water partition coefficient (Wildman–Crippen LogP) is 1.21. The minimum Gasteiger partial charge on any atom is -0.495 e. The molecular formula is C16H21F3N4O3. The largest absolute Gasteiger partial charge is 0.495 e. The van der Waals surface area contributed by atoms with Crippen molar-refractivity contribution in [2.45, 2.75) is 6.18 Å². The van der Waals surface area contributed by atoms with Gasteiger partial charge in [0.1, 0.15) is 12.3 Å². The average Bonchev–Trinajstić information content (AvgIpc) is 2.60. The Balaban J connectivity index is 1.76. The highest BCUT2D eigenvalue weighted by atomic mass is 19.4. The number of rotatable bonds is 5. The number of anilines is 1. The number of hydrogen-bond donors (Lipinski definition) is 2. The Hall–Kier alpha value is -2.49. The lowest BCUT2D eigenvalue weighted by molar-refractivity contribution is -0.125. The summed E-state index contributed by atoms with van der Waals surface area (Å²) >= 11 is 0. The van der Waals surface area contributed by atoms with Crippen LogP contribution in [0.1, 0.15) is 0 Å². The van der Waals surface area contributed by atoms with E-state index in [-0.39, 0.29) is 6.54 Å². The Morgan fingerprint density at radius 1 is 1.15 bits per heavy atom. The highest BCUT2D eigenvalue weighted by molar-refractivity contribution is 5.95. The molecule has 1 saturated heterocycles. The van der Waals surface area contributed by atoms with Crippen molar-refractivity contribution in [3.8, 4) is 5.75 Å². The SMILES string of the molecule is COc1ccccc1N1CCN(CC(=O)NC(=O)NCC(F)(F)F)CC1. The van der Waals surface area contributed by atoms with Crippen LogP contribution in [-0.4, -0.2) is 69.4 Å². The van der Waals surface area contributed by atoms with Gasteiger partial charge in [0.2, 0.25) is 5.91 Å². The molecule has 0 radical (unpaired) electrons. The van der Waals surface area contributed by atoms with Crippen LogP contribution in [0.25, 0.3) is 0 Å². The fourth-order valence-electron chi connectivity index (χ4n) is 2.63. The summed E-state index contributed by atoms with van der Waals surface area (Å²) in [6.07, 6.45) is -4.52. The van der Waals surface area contributed by atoms with Crippen molar-refractivity contribution in [1.82, 2.24) is 15.5 Å². The summed E-state index contributed by atoms with van der Waals surface area (Å²) in [5.41, 5.74) is 0.964. The van der Waals surface area contributed by atoms with Gasteiger partial charge in [0.25, 0.3) is 0 Å². The van der Waals surface area contributed by atoms with Gasteiger partial charge in [-0.1, -0.05) is 12.1 Å². The molecule has 7 nitrogen and oxygen atoms in total. The minimum absolute atomic E-state index is 0.0563. The fourth-order valence-corrected chi connectivity index (χ4v) is 2.63. The van der Waals surface area contributed by atoms with Gasteiger partial charge < -0.3 is 15.0 Å². The summed E-state index contributed by atoms with van der Waals surface area (Å²) in [6.45, 7) is 0.940. The molecule has 1 heterocycles. The standard InChI is InChI=1S/C16H21F3N4O3/c1-26-13-5-3-2-4-12(13)23-8-6-22(7-9-23)10-14(24)21-15(25)20-11-16(17,18)19/h2-5H,6-11H2,1H3,(H2,20,21,24,25). The minimum atomic E-state index is -4.52. The summed E-state index contributed by atoms with van der Waals surface area (Å²) in [7, 11) is 1.60. The zero-order chi connectivity index (χ0) is 19.2. The molecule has 26 heavy (non-hydrogen) atoms. The molecule has 10 heteroatoms. The molecule has 2 N–H and O–H groups in total. The van der Waals surface area contributed by atoms with E-state index in [2.05, 4.69) is 4.90 Å². The zero-order valence-corrected chi connectivity index (χ0v) is 14.3. The number of imide groups is 1. The van der Waals surface area contributed by atoms with Gasteiger partial charge in [-0.15, -0.1) is 0 Å². The zero-order valence-electron chi connectivity index (χ0n) is 14.3. The molecule has 0 saturated carbocycles. The van der Waals surface area contributed by atoms with Crippen LogP contribution in [0.5, 0.6) is 5.75 Å². The number of halogens is 3. The summed E-state index contributed by atoms with van der Waals surface area (Å²) in [5, 5.41) is 3.49. The number of urea groups is 1. The molecule has 1 aliphatic heterocycles. The first-order chi connectivity index (χ1) is 12.3. The van der Waals surface area contributed by atoms with Crippen molar-refractivity contribution in [2.75, 3.05) is 51.3 Å². The molecule has 1 fully saturated rings. The number of piperazine rings is 1. The third-order valence-corrected chi connectivity index (χ3v) is 3.87. The van der Waals surface area contributed by atoms with Crippen molar-refractivity contribution in [1.29, 1.82) is 0 Å². The van der Waals surface area contributed by atoms with Crippen LogP contribution >= 0.6 is 0 Å². The predicted molar refractivity (Wildman–Crippen MR) is 89.2 cm³/mol. The quantitative estimate of drug-likeness (QED) is 0.811. The third-order valence-electron chi connectivity index (χ3n) is 3.87. The smallest absolute Gasteiger partial charge is 0.405 e. The molecule has 3 amide bonds. The maximum atomic E-state index is 12.0. The van der Waals surface area contributed by atoms with Gasteiger partial charge >= 0.3 is 12.2 Å². The number of methoxy groups -OCH3 is 1. The van der Waals surface area contributed by atoms with Crippen molar-refractivity contribution in [3.05, 3.63) is 24.3 Å². The maximum absolute atomic E-state index is 12.0. The fraction of sp³-hybridized carbons (Fsp3) is 0.500. The first-order valence-electron chi connectivity index (χ1n) is 8.03. The molecule has 0 aromatic heterocycles. The van der Waals surface area contributed by atoms with Crippen molar-refractivity contribution < 1.29 is 27.5 Å². The van der Waals surface area contributed by atoms with Crippen LogP contribution < -0.4 is 20.3 Å². The third kappa shape index (κ3) is 6.10. The summed E-state index contributed by atoms with van der Waals surface area (Å²) in [4.78, 5) is 27.0. The highest BCUT2D eigenvalue weighted by Gasteiger charge is 2.28. The van der Waals surface area contributed by atoms with Gasteiger partial charge in [0, 0.05) is 26.2 Å². The summed E-state index contributed by atoms with van der Waals surface area (Å²) < 4.78 is 41.4. The molecule has 1 aromatic rings. The van der Waals surface area contributed by atoms with Gasteiger partial charge in [0.15, 0.2) is 0 Å². The Bertz CT molecular complexity index is 631. The van der Waals surface area contributed by atoms with E-state index in [0.717, 1.165) is 11.4 Å². The van der Waals surface area contributed by atoms with Crippen LogP contribution in [0.3, 0.4) is 0 Å². The van der Waals surface area contributed by atoms with E-state index in [0.29, 0.717) is 26.2 Å². The van der Waals surface area contributed by atoms with Crippen LogP contribution in [0.4, 0.5) is 23.7 Å². The second-order valence-corrected chi connectivity index (χ2v) is 5.78. The molecule has 0 aliphatic carbocycles. The number of benzene rings is 1. The molecule has 1 aliphatic rings. The lowest BCUT2D eigenvalue weighted by Crippen LogP contribution is -2.51. The Labute approximate surface area is 149 Å². The lowest BCUT2D eigenvalue weighted by Gasteiger charge is -2.36. The Kier molecular flexibility index (Phi) is 6.67. The van der Waals surface area contributed by atoms with E-state index in [9.17, 15) is 22.8 Å². The monoisotopic (exact) mass is 374 g/mol. The van der Waals surface area contributed by atoms with E-state index in [1.165, 1.54) is 0 Å². The van der Waals surface area contributed by atoms with Gasteiger partial charge in [-0.2, -0.15) is 13.2 Å². The average molecular weight is 374 g/mol. The van der Waals surface area contributed by atoms with Crippen LogP contribution in [0, 0.1) is 0 Å². The topological polar surface area (TPSA) is 73.9 Å². The normalized spacial score (nSPS) is 15.5. The van der Waals surface area contributed by atoms with Gasteiger partial charge in [-0.3, -0.25) is 15.0 Å². The maximum Gasteiger partial charge on any atom is 0.405 e. The number of amides is 3. The van der Waals surface area contributed by atoms with Crippen molar-refractivity contribution >= 4 is 17.6 Å². The molecule has 1 aromatic carbocycles. The Morgan fingerprint density at radius 3 is 2.42 bits per heavy atom. The summed E-state index contributed by atoms with van der Waals surface area (Å²) in [6, 6.07) is 6.46. The first kappa shape index (κ1) is 19.8. The van der Waals surface area contributed by atoms with Crippen molar-refractivity contribution in [3.63, 3.8) is 0 Å². The number of hydrogen-bond acceptors (Lipinski definition) is 5. The number of carbonyl (C=O) groups is 2.